The number of ether oxygens (including phenoxy) is 1. The summed E-state index contributed by atoms with van der Waals surface area (Å²) in [5.74, 6) is 0.569. The third-order valence-corrected chi connectivity index (χ3v) is 2.94. The second-order valence-electron chi connectivity index (χ2n) is 4.41. The molecule has 0 spiro atoms. The minimum atomic E-state index is -0.209. The number of benzene rings is 1. The number of nitrogens with zero attached hydrogens (tertiary/aromatic N) is 1. The highest BCUT2D eigenvalue weighted by molar-refractivity contribution is 5.51. The molecule has 19 heavy (non-hydrogen) atoms. The maximum absolute atomic E-state index is 13.4. The molecule has 0 aliphatic carbocycles. The lowest BCUT2D eigenvalue weighted by atomic mass is 10.2. The Balaban J connectivity index is 2.14. The van der Waals surface area contributed by atoms with Gasteiger partial charge in [0, 0.05) is 29.1 Å². The Morgan fingerprint density at radius 2 is 2.05 bits per heavy atom. The van der Waals surface area contributed by atoms with Crippen LogP contribution in [0.4, 0.5) is 10.1 Å². The van der Waals surface area contributed by atoms with Crippen LogP contribution in [0.25, 0.3) is 0 Å². The zero-order valence-corrected chi connectivity index (χ0v) is 11.3. The van der Waals surface area contributed by atoms with E-state index in [1.807, 2.05) is 25.1 Å². The lowest BCUT2D eigenvalue weighted by molar-refractivity contribution is 0.413. The van der Waals surface area contributed by atoms with Crippen LogP contribution in [0.1, 0.15) is 17.0 Å². The zero-order valence-electron chi connectivity index (χ0n) is 11.3. The first-order valence-electron chi connectivity index (χ1n) is 6.10. The molecule has 1 aromatic heterocycles. The van der Waals surface area contributed by atoms with Crippen LogP contribution in [-0.4, -0.2) is 12.1 Å². The third kappa shape index (κ3) is 3.22. The van der Waals surface area contributed by atoms with Crippen LogP contribution in [0.15, 0.2) is 30.3 Å². The number of methoxy groups -OCH3 is 1. The molecule has 0 saturated carbocycles. The van der Waals surface area contributed by atoms with Crippen LogP contribution in [0.2, 0.25) is 0 Å². The molecule has 4 heteroatoms. The van der Waals surface area contributed by atoms with Gasteiger partial charge in [-0.05, 0) is 26.0 Å². The Labute approximate surface area is 112 Å². The van der Waals surface area contributed by atoms with Gasteiger partial charge in [0.25, 0.3) is 0 Å². The predicted octanol–water partition coefficient (Wildman–Crippen LogP) is 3.46. The summed E-state index contributed by atoms with van der Waals surface area (Å²) in [6, 6.07) is 8.74. The molecule has 0 aliphatic heterocycles. The molecule has 3 nitrogen and oxygen atoms in total. The van der Waals surface area contributed by atoms with Crippen LogP contribution in [0, 0.1) is 19.7 Å². The molecular formula is C15H17FN2O. The molecule has 0 bridgehead atoms. The monoisotopic (exact) mass is 260 g/mol. The minimum absolute atomic E-state index is 0.209. The molecular weight excluding hydrogens is 243 g/mol. The van der Waals surface area contributed by atoms with Crippen molar-refractivity contribution in [1.82, 2.24) is 4.98 Å². The van der Waals surface area contributed by atoms with E-state index in [9.17, 15) is 4.39 Å². The van der Waals surface area contributed by atoms with Crippen LogP contribution >= 0.6 is 0 Å². The summed E-state index contributed by atoms with van der Waals surface area (Å²) >= 11 is 0. The molecule has 0 aliphatic rings. The predicted molar refractivity (Wildman–Crippen MR) is 74.0 cm³/mol. The molecule has 2 rings (SSSR count). The fraction of sp³-hybridized carbons (Fsp3) is 0.267. The standard InChI is InChI=1S/C15H17FN2O/c1-10-7-13(19-3)8-12(18-10)9-17-15-6-4-5-14(16)11(15)2/h4-8,17H,9H2,1-3H3. The van der Waals surface area contributed by atoms with Crippen molar-refractivity contribution in [2.24, 2.45) is 0 Å². The summed E-state index contributed by atoms with van der Waals surface area (Å²) in [5, 5.41) is 3.19. The first-order chi connectivity index (χ1) is 9.10. The molecule has 1 heterocycles. The first-order valence-corrected chi connectivity index (χ1v) is 6.10. The Morgan fingerprint density at radius 1 is 1.26 bits per heavy atom. The van der Waals surface area contributed by atoms with Crippen molar-refractivity contribution in [1.29, 1.82) is 0 Å². The number of anilines is 1. The van der Waals surface area contributed by atoms with E-state index < -0.39 is 0 Å². The van der Waals surface area contributed by atoms with Crippen molar-refractivity contribution >= 4 is 5.69 Å². The maximum Gasteiger partial charge on any atom is 0.128 e. The summed E-state index contributed by atoms with van der Waals surface area (Å²) in [6.07, 6.45) is 0. The fourth-order valence-corrected chi connectivity index (χ4v) is 1.90. The second-order valence-corrected chi connectivity index (χ2v) is 4.41. The third-order valence-electron chi connectivity index (χ3n) is 2.94. The van der Waals surface area contributed by atoms with Crippen molar-refractivity contribution in [2.75, 3.05) is 12.4 Å². The van der Waals surface area contributed by atoms with Gasteiger partial charge in [0.15, 0.2) is 0 Å². The van der Waals surface area contributed by atoms with Gasteiger partial charge in [-0.3, -0.25) is 4.98 Å². The molecule has 1 N–H and O–H groups in total. The van der Waals surface area contributed by atoms with Crippen LogP contribution in [-0.2, 0) is 6.54 Å². The summed E-state index contributed by atoms with van der Waals surface area (Å²) in [6.45, 7) is 4.20. The van der Waals surface area contributed by atoms with Gasteiger partial charge in [-0.15, -0.1) is 0 Å². The van der Waals surface area contributed by atoms with Crippen molar-refractivity contribution in [3.8, 4) is 5.75 Å². The highest BCUT2D eigenvalue weighted by Crippen LogP contribution is 2.19. The molecule has 2 aromatic rings. The van der Waals surface area contributed by atoms with Crippen molar-refractivity contribution in [2.45, 2.75) is 20.4 Å². The van der Waals surface area contributed by atoms with Gasteiger partial charge in [-0.25, -0.2) is 4.39 Å². The summed E-state index contributed by atoms with van der Waals surface area (Å²) < 4.78 is 18.6. The molecule has 1 aromatic carbocycles. The number of aryl methyl sites for hydroxylation is 1. The van der Waals surface area contributed by atoms with Crippen molar-refractivity contribution in [3.05, 3.63) is 53.1 Å². The van der Waals surface area contributed by atoms with E-state index in [1.54, 1.807) is 20.1 Å². The quantitative estimate of drug-likeness (QED) is 0.914. The van der Waals surface area contributed by atoms with E-state index >= 15 is 0 Å². The molecule has 0 radical (unpaired) electrons. The lowest BCUT2D eigenvalue weighted by Crippen LogP contribution is -2.05. The zero-order chi connectivity index (χ0) is 13.8. The largest absolute Gasteiger partial charge is 0.497 e. The van der Waals surface area contributed by atoms with E-state index in [4.69, 9.17) is 4.74 Å². The Kier molecular flexibility index (Phi) is 4.00. The van der Waals surface area contributed by atoms with Gasteiger partial charge in [-0.2, -0.15) is 0 Å². The first kappa shape index (κ1) is 13.3. The maximum atomic E-state index is 13.4. The molecule has 0 saturated heterocycles. The molecule has 0 fully saturated rings. The summed E-state index contributed by atoms with van der Waals surface area (Å²) in [5.41, 5.74) is 3.15. The van der Waals surface area contributed by atoms with E-state index in [-0.39, 0.29) is 5.82 Å². The van der Waals surface area contributed by atoms with E-state index in [0.717, 1.165) is 22.8 Å². The fourth-order valence-electron chi connectivity index (χ4n) is 1.90. The van der Waals surface area contributed by atoms with E-state index in [0.29, 0.717) is 12.1 Å². The van der Waals surface area contributed by atoms with Gasteiger partial charge in [0.2, 0.25) is 0 Å². The Morgan fingerprint density at radius 3 is 2.79 bits per heavy atom. The van der Waals surface area contributed by atoms with Crippen LogP contribution < -0.4 is 10.1 Å². The average molecular weight is 260 g/mol. The smallest absolute Gasteiger partial charge is 0.128 e. The number of pyridine rings is 1. The average Bonchev–Trinajstić information content (AvgIpc) is 2.40. The SMILES string of the molecule is COc1cc(C)nc(CNc2cccc(F)c2C)c1. The van der Waals surface area contributed by atoms with E-state index in [1.165, 1.54) is 6.07 Å². The number of hydrogen-bond acceptors (Lipinski definition) is 3. The minimum Gasteiger partial charge on any atom is -0.497 e. The Hall–Kier alpha value is -2.10. The molecule has 0 atom stereocenters. The van der Waals surface area contributed by atoms with Crippen molar-refractivity contribution < 1.29 is 9.13 Å². The van der Waals surface area contributed by atoms with Crippen molar-refractivity contribution in [3.63, 3.8) is 0 Å². The number of rotatable bonds is 4. The van der Waals surface area contributed by atoms with Crippen LogP contribution in [0.3, 0.4) is 0 Å². The second kappa shape index (κ2) is 5.69. The highest BCUT2D eigenvalue weighted by atomic mass is 19.1. The molecule has 0 unspecified atom stereocenters. The highest BCUT2D eigenvalue weighted by Gasteiger charge is 2.04. The molecule has 0 amide bonds. The normalized spacial score (nSPS) is 10.3. The number of hydrogen-bond donors (Lipinski definition) is 1. The number of aromatic nitrogens is 1. The van der Waals surface area contributed by atoms with Gasteiger partial charge in [0.05, 0.1) is 19.3 Å². The summed E-state index contributed by atoms with van der Waals surface area (Å²) in [7, 11) is 1.63. The number of halogens is 1. The van der Waals surface area contributed by atoms with Crippen LogP contribution in [0.5, 0.6) is 5.75 Å². The van der Waals surface area contributed by atoms with Gasteiger partial charge >= 0.3 is 0 Å². The lowest BCUT2D eigenvalue weighted by Gasteiger charge is -2.11. The van der Waals surface area contributed by atoms with Gasteiger partial charge < -0.3 is 10.1 Å². The van der Waals surface area contributed by atoms with Gasteiger partial charge in [-0.1, -0.05) is 6.07 Å². The summed E-state index contributed by atoms with van der Waals surface area (Å²) in [4.78, 5) is 4.41. The Bertz CT molecular complexity index is 584. The topological polar surface area (TPSA) is 34.1 Å². The van der Waals surface area contributed by atoms with E-state index in [2.05, 4.69) is 10.3 Å². The molecule has 100 valence electrons. The number of nitrogens with one attached hydrogen (secondary N) is 1. The van der Waals surface area contributed by atoms with Gasteiger partial charge in [0.1, 0.15) is 11.6 Å².